The van der Waals surface area contributed by atoms with Gasteiger partial charge in [-0.3, -0.25) is 0 Å². The second-order valence-corrected chi connectivity index (χ2v) is 7.19. The van der Waals surface area contributed by atoms with Gasteiger partial charge < -0.3 is 9.80 Å². The van der Waals surface area contributed by atoms with E-state index in [0.717, 1.165) is 33.9 Å². The van der Waals surface area contributed by atoms with Gasteiger partial charge in [0.25, 0.3) is 0 Å². The van der Waals surface area contributed by atoms with Crippen LogP contribution in [0.3, 0.4) is 0 Å². The molecule has 1 aromatic heterocycles. The third kappa shape index (κ3) is 2.61. The van der Waals surface area contributed by atoms with Gasteiger partial charge in [-0.25, -0.2) is 9.37 Å². The number of nitrogens with zero attached hydrogens (tertiary/aromatic N) is 3. The van der Waals surface area contributed by atoms with Gasteiger partial charge in [0.15, 0.2) is 10.9 Å². The Morgan fingerprint density at radius 2 is 2.21 bits per heavy atom. The lowest BCUT2D eigenvalue weighted by molar-refractivity contribution is 0.283. The van der Waals surface area contributed by atoms with E-state index in [1.165, 1.54) is 6.07 Å². The number of anilines is 1. The summed E-state index contributed by atoms with van der Waals surface area (Å²) in [6.45, 7) is 3.13. The molecule has 2 aromatic rings. The largest absolute Gasteiger partial charge is 0.347 e. The molecule has 1 saturated heterocycles. The van der Waals surface area contributed by atoms with Gasteiger partial charge in [0.1, 0.15) is 5.52 Å². The molecule has 0 spiro atoms. The Labute approximate surface area is 124 Å². The van der Waals surface area contributed by atoms with Gasteiger partial charge >= 0.3 is 0 Å². The maximum absolute atomic E-state index is 13.8. The number of benzene rings is 1. The van der Waals surface area contributed by atoms with Crippen molar-refractivity contribution in [1.29, 1.82) is 0 Å². The normalized spacial score (nSPS) is 16.4. The van der Waals surface area contributed by atoms with Crippen LogP contribution in [0.25, 0.3) is 10.2 Å². The van der Waals surface area contributed by atoms with E-state index in [-0.39, 0.29) is 5.82 Å². The van der Waals surface area contributed by atoms with E-state index in [1.807, 2.05) is 6.07 Å². The van der Waals surface area contributed by atoms with Crippen molar-refractivity contribution in [2.45, 2.75) is 0 Å². The van der Waals surface area contributed by atoms with Crippen LogP contribution in [0.15, 0.2) is 16.6 Å². The minimum Gasteiger partial charge on any atom is -0.347 e. The van der Waals surface area contributed by atoms with Crippen LogP contribution < -0.4 is 4.90 Å². The Bertz CT molecular complexity index is 607. The smallest absolute Gasteiger partial charge is 0.186 e. The fourth-order valence-electron chi connectivity index (χ4n) is 2.44. The lowest BCUT2D eigenvalue weighted by atomic mass is 10.0. The molecule has 3 rings (SSSR count). The molecule has 2 heterocycles. The van der Waals surface area contributed by atoms with Gasteiger partial charge in [0, 0.05) is 30.0 Å². The van der Waals surface area contributed by atoms with Crippen LogP contribution in [-0.4, -0.2) is 43.6 Å². The topological polar surface area (TPSA) is 19.4 Å². The minimum atomic E-state index is -0.253. The average Bonchev–Trinajstić information content (AvgIpc) is 2.65. The van der Waals surface area contributed by atoms with Crippen molar-refractivity contribution in [3.63, 3.8) is 0 Å². The van der Waals surface area contributed by atoms with Crippen molar-refractivity contribution in [2.75, 3.05) is 38.6 Å². The van der Waals surface area contributed by atoms with E-state index in [0.29, 0.717) is 11.4 Å². The van der Waals surface area contributed by atoms with Crippen molar-refractivity contribution in [3.8, 4) is 0 Å². The van der Waals surface area contributed by atoms with Crippen LogP contribution in [0, 0.1) is 11.7 Å². The first-order chi connectivity index (χ1) is 9.02. The third-order valence-corrected chi connectivity index (χ3v) is 4.77. The van der Waals surface area contributed by atoms with Crippen LogP contribution in [0.4, 0.5) is 9.52 Å². The number of thiazole rings is 1. The minimum absolute atomic E-state index is 0.253. The van der Waals surface area contributed by atoms with E-state index in [1.54, 1.807) is 11.3 Å². The van der Waals surface area contributed by atoms with Crippen molar-refractivity contribution >= 4 is 42.6 Å². The lowest BCUT2D eigenvalue weighted by Gasteiger charge is -2.40. The molecule has 3 nitrogen and oxygen atoms in total. The zero-order valence-corrected chi connectivity index (χ0v) is 13.3. The Kier molecular flexibility index (Phi) is 3.49. The highest BCUT2D eigenvalue weighted by Crippen LogP contribution is 2.35. The van der Waals surface area contributed by atoms with Gasteiger partial charge in [0.2, 0.25) is 0 Å². The summed E-state index contributed by atoms with van der Waals surface area (Å²) in [5.74, 6) is 0.441. The number of hydrogen-bond acceptors (Lipinski definition) is 4. The summed E-state index contributed by atoms with van der Waals surface area (Å²) in [7, 11) is 4.18. The van der Waals surface area contributed by atoms with Crippen LogP contribution in [-0.2, 0) is 0 Å². The van der Waals surface area contributed by atoms with Crippen molar-refractivity contribution in [1.82, 2.24) is 9.88 Å². The second kappa shape index (κ2) is 5.00. The fourth-order valence-corrected chi connectivity index (χ4v) is 4.06. The number of hydrogen-bond donors (Lipinski definition) is 0. The average molecular weight is 344 g/mol. The molecule has 0 amide bonds. The van der Waals surface area contributed by atoms with Crippen molar-refractivity contribution in [3.05, 3.63) is 22.4 Å². The fraction of sp³-hybridized carbons (Fsp3) is 0.462. The summed E-state index contributed by atoms with van der Waals surface area (Å²) < 4.78 is 15.4. The molecule has 19 heavy (non-hydrogen) atoms. The predicted octanol–water partition coefficient (Wildman–Crippen LogP) is 3.20. The zero-order valence-electron chi connectivity index (χ0n) is 10.9. The standard InChI is InChI=1S/C13H15BrFN3S/c1-17(2)5-8-6-18(7-8)13-16-12-10(15)3-9(14)4-11(12)19-13/h3-4,8H,5-7H2,1-2H3. The summed E-state index contributed by atoms with van der Waals surface area (Å²) in [5.41, 5.74) is 0.485. The monoisotopic (exact) mass is 343 g/mol. The first-order valence-electron chi connectivity index (χ1n) is 6.18. The van der Waals surface area contributed by atoms with E-state index in [2.05, 4.69) is 44.8 Å². The quantitative estimate of drug-likeness (QED) is 0.853. The van der Waals surface area contributed by atoms with Crippen LogP contribution in [0.1, 0.15) is 0 Å². The highest BCUT2D eigenvalue weighted by Gasteiger charge is 2.29. The SMILES string of the molecule is CN(C)CC1CN(c2nc3c(F)cc(Br)cc3s2)C1. The maximum atomic E-state index is 13.8. The summed E-state index contributed by atoms with van der Waals surface area (Å²) in [6.07, 6.45) is 0. The molecule has 0 aliphatic carbocycles. The Hall–Kier alpha value is -0.720. The second-order valence-electron chi connectivity index (χ2n) is 5.26. The van der Waals surface area contributed by atoms with Gasteiger partial charge in [-0.15, -0.1) is 0 Å². The summed E-state index contributed by atoms with van der Waals surface area (Å²) in [5, 5.41) is 0.932. The van der Waals surface area contributed by atoms with E-state index < -0.39 is 0 Å². The van der Waals surface area contributed by atoms with E-state index in [4.69, 9.17) is 0 Å². The van der Waals surface area contributed by atoms with Gasteiger partial charge in [0.05, 0.1) is 4.70 Å². The third-order valence-electron chi connectivity index (χ3n) is 3.25. The Morgan fingerprint density at radius 1 is 1.47 bits per heavy atom. The molecular weight excluding hydrogens is 329 g/mol. The lowest BCUT2D eigenvalue weighted by Crippen LogP contribution is -2.50. The van der Waals surface area contributed by atoms with Crippen molar-refractivity contribution < 1.29 is 4.39 Å². The summed E-state index contributed by atoms with van der Waals surface area (Å²) in [6, 6.07) is 3.40. The molecule has 0 bridgehead atoms. The van der Waals surface area contributed by atoms with Crippen LogP contribution in [0.5, 0.6) is 0 Å². The summed E-state index contributed by atoms with van der Waals surface area (Å²) in [4.78, 5) is 8.86. The maximum Gasteiger partial charge on any atom is 0.186 e. The number of aromatic nitrogens is 1. The van der Waals surface area contributed by atoms with Gasteiger partial charge in [-0.05, 0) is 26.2 Å². The molecule has 1 aromatic carbocycles. The highest BCUT2D eigenvalue weighted by atomic mass is 79.9. The Morgan fingerprint density at radius 3 is 2.89 bits per heavy atom. The Balaban J connectivity index is 1.78. The molecule has 0 radical (unpaired) electrons. The molecule has 0 unspecified atom stereocenters. The molecule has 0 atom stereocenters. The molecule has 6 heteroatoms. The van der Waals surface area contributed by atoms with E-state index >= 15 is 0 Å². The molecule has 102 valence electrons. The predicted molar refractivity (Wildman–Crippen MR) is 81.5 cm³/mol. The van der Waals surface area contributed by atoms with Gasteiger partial charge in [-0.2, -0.15) is 0 Å². The molecule has 0 saturated carbocycles. The zero-order chi connectivity index (χ0) is 13.6. The van der Waals surface area contributed by atoms with Crippen molar-refractivity contribution in [2.24, 2.45) is 5.92 Å². The highest BCUT2D eigenvalue weighted by molar-refractivity contribution is 9.10. The molecule has 1 aliphatic heterocycles. The number of rotatable bonds is 3. The first kappa shape index (κ1) is 13.3. The van der Waals surface area contributed by atoms with Crippen LogP contribution in [0.2, 0.25) is 0 Å². The summed E-state index contributed by atoms with van der Waals surface area (Å²) >= 11 is 4.88. The van der Waals surface area contributed by atoms with Gasteiger partial charge in [-0.1, -0.05) is 27.3 Å². The first-order valence-corrected chi connectivity index (χ1v) is 7.79. The number of halogens is 2. The van der Waals surface area contributed by atoms with E-state index in [9.17, 15) is 4.39 Å². The number of fused-ring (bicyclic) bond motifs is 1. The molecular formula is C13H15BrFN3S. The molecule has 1 fully saturated rings. The molecule has 1 aliphatic rings. The molecule has 0 N–H and O–H groups in total. The van der Waals surface area contributed by atoms with Crippen LogP contribution >= 0.6 is 27.3 Å².